The van der Waals surface area contributed by atoms with Gasteiger partial charge >= 0.3 is 0 Å². The predicted molar refractivity (Wildman–Crippen MR) is 102 cm³/mol. The Balaban J connectivity index is 2.08. The number of amides is 1. The van der Waals surface area contributed by atoms with Gasteiger partial charge in [0.25, 0.3) is 0 Å². The monoisotopic (exact) mass is 376 g/mol. The van der Waals surface area contributed by atoms with E-state index < -0.39 is 15.9 Å². The fourth-order valence-corrected chi connectivity index (χ4v) is 3.53. The van der Waals surface area contributed by atoms with Crippen LogP contribution in [0.25, 0.3) is 0 Å². The number of benzene rings is 2. The fourth-order valence-electron chi connectivity index (χ4n) is 2.40. The molecule has 2 rings (SSSR count). The summed E-state index contributed by atoms with van der Waals surface area (Å²) in [5.41, 5.74) is 2.61. The predicted octanol–water partition coefficient (Wildman–Crippen LogP) is 2.96. The number of hydrogen-bond acceptors (Lipinski definition) is 4. The third-order valence-electron chi connectivity index (χ3n) is 3.88. The summed E-state index contributed by atoms with van der Waals surface area (Å²) in [5.74, 6) is 0.206. The van der Waals surface area contributed by atoms with Crippen LogP contribution in [0.3, 0.4) is 0 Å². The minimum absolute atomic E-state index is 0.114. The molecule has 2 aromatic carbocycles. The van der Waals surface area contributed by atoms with E-state index in [1.54, 1.807) is 12.1 Å². The van der Waals surface area contributed by atoms with Gasteiger partial charge in [-0.3, -0.25) is 4.79 Å². The number of nitrogens with one attached hydrogen (secondary N) is 1. The number of nitrogens with zero attached hydrogens (tertiary/aromatic N) is 1. The molecule has 0 heterocycles. The minimum atomic E-state index is -3.76. The second-order valence-corrected chi connectivity index (χ2v) is 8.08. The van der Waals surface area contributed by atoms with Crippen LogP contribution < -0.4 is 10.1 Å². The summed E-state index contributed by atoms with van der Waals surface area (Å²) in [7, 11) is -2.38. The van der Waals surface area contributed by atoms with Crippen molar-refractivity contribution in [1.29, 1.82) is 0 Å². The molecule has 0 aromatic heterocycles. The van der Waals surface area contributed by atoms with Gasteiger partial charge < -0.3 is 10.1 Å². The molecule has 0 aliphatic rings. The molecular formula is C19H24N2O4S. The van der Waals surface area contributed by atoms with Crippen molar-refractivity contribution in [1.82, 2.24) is 4.31 Å². The maximum atomic E-state index is 12.6. The van der Waals surface area contributed by atoms with Gasteiger partial charge in [-0.1, -0.05) is 12.1 Å². The number of sulfonamides is 1. The van der Waals surface area contributed by atoms with Crippen LogP contribution in [0.2, 0.25) is 0 Å². The Kier molecular flexibility index (Phi) is 6.39. The van der Waals surface area contributed by atoms with Gasteiger partial charge in [-0.25, -0.2) is 8.42 Å². The Morgan fingerprint density at radius 1 is 1.12 bits per heavy atom. The summed E-state index contributed by atoms with van der Waals surface area (Å²) in [4.78, 5) is 12.4. The molecular weight excluding hydrogens is 352 g/mol. The number of ether oxygens (including phenoxy) is 1. The van der Waals surface area contributed by atoms with Gasteiger partial charge in [0, 0.05) is 12.7 Å². The number of carbonyl (C=O) groups is 1. The maximum Gasteiger partial charge on any atom is 0.243 e. The number of aryl methyl sites for hydroxylation is 2. The summed E-state index contributed by atoms with van der Waals surface area (Å²) in [6, 6.07) is 11.9. The Morgan fingerprint density at radius 2 is 1.77 bits per heavy atom. The highest BCUT2D eigenvalue weighted by Gasteiger charge is 2.23. The lowest BCUT2D eigenvalue weighted by atomic mass is 10.1. The third kappa shape index (κ3) is 4.83. The molecule has 1 N–H and O–H groups in total. The van der Waals surface area contributed by atoms with Crippen LogP contribution in [0, 0.1) is 13.8 Å². The smallest absolute Gasteiger partial charge is 0.243 e. The van der Waals surface area contributed by atoms with Crippen LogP contribution in [-0.4, -0.2) is 38.8 Å². The van der Waals surface area contributed by atoms with Gasteiger partial charge in [0.05, 0.1) is 18.0 Å². The Labute approximate surface area is 154 Å². The zero-order chi connectivity index (χ0) is 19.3. The van der Waals surface area contributed by atoms with Crippen LogP contribution in [0.1, 0.15) is 18.1 Å². The lowest BCUT2D eigenvalue weighted by Gasteiger charge is -2.18. The van der Waals surface area contributed by atoms with Crippen molar-refractivity contribution >= 4 is 21.6 Å². The lowest BCUT2D eigenvalue weighted by molar-refractivity contribution is -0.116. The molecule has 0 bridgehead atoms. The zero-order valence-electron chi connectivity index (χ0n) is 15.4. The molecule has 1 amide bonds. The Morgan fingerprint density at radius 3 is 2.38 bits per heavy atom. The first-order chi connectivity index (χ1) is 12.2. The van der Waals surface area contributed by atoms with Gasteiger partial charge in [-0.2, -0.15) is 4.31 Å². The Hall–Kier alpha value is -2.38. The van der Waals surface area contributed by atoms with Crippen molar-refractivity contribution in [2.75, 3.05) is 25.5 Å². The van der Waals surface area contributed by atoms with Crippen molar-refractivity contribution in [3.05, 3.63) is 53.6 Å². The molecule has 0 fully saturated rings. The van der Waals surface area contributed by atoms with E-state index in [0.717, 1.165) is 15.4 Å². The normalized spacial score (nSPS) is 11.4. The first kappa shape index (κ1) is 19.9. The number of likely N-dealkylation sites (N-methyl/N-ethyl adjacent to an activating group) is 1. The van der Waals surface area contributed by atoms with E-state index in [4.69, 9.17) is 4.74 Å². The largest absolute Gasteiger partial charge is 0.494 e. The molecule has 0 unspecified atom stereocenters. The van der Waals surface area contributed by atoms with E-state index >= 15 is 0 Å². The molecule has 7 heteroatoms. The first-order valence-electron chi connectivity index (χ1n) is 8.30. The molecule has 0 saturated heterocycles. The minimum Gasteiger partial charge on any atom is -0.494 e. The van der Waals surface area contributed by atoms with Crippen LogP contribution in [0.15, 0.2) is 47.4 Å². The van der Waals surface area contributed by atoms with Crippen molar-refractivity contribution < 1.29 is 17.9 Å². The fraction of sp³-hybridized carbons (Fsp3) is 0.316. The van der Waals surface area contributed by atoms with Crippen LogP contribution in [0.4, 0.5) is 5.69 Å². The van der Waals surface area contributed by atoms with Crippen LogP contribution in [0.5, 0.6) is 5.75 Å². The molecule has 26 heavy (non-hydrogen) atoms. The van der Waals surface area contributed by atoms with E-state index in [1.807, 2.05) is 39.0 Å². The average molecular weight is 376 g/mol. The summed E-state index contributed by atoms with van der Waals surface area (Å²) in [6.07, 6.45) is 0. The third-order valence-corrected chi connectivity index (χ3v) is 5.69. The van der Waals surface area contributed by atoms with Crippen molar-refractivity contribution in [2.45, 2.75) is 25.7 Å². The molecule has 2 aromatic rings. The number of carbonyl (C=O) groups excluding carboxylic acids is 1. The second-order valence-electron chi connectivity index (χ2n) is 6.03. The van der Waals surface area contributed by atoms with E-state index in [0.29, 0.717) is 18.0 Å². The standard InChI is InChI=1S/C19H24N2O4S/c1-5-25-16-8-10-17(11-9-16)26(23,24)21(4)13-19(22)20-18-12-14(2)6-7-15(18)3/h6-12H,5,13H2,1-4H3,(H,20,22). The summed E-state index contributed by atoms with van der Waals surface area (Å²) >= 11 is 0. The van der Waals surface area contributed by atoms with Gasteiger partial charge in [0.15, 0.2) is 0 Å². The zero-order valence-corrected chi connectivity index (χ0v) is 16.3. The van der Waals surface area contributed by atoms with Gasteiger partial charge in [0.2, 0.25) is 15.9 Å². The SMILES string of the molecule is CCOc1ccc(S(=O)(=O)N(C)CC(=O)Nc2cc(C)ccc2C)cc1. The van der Waals surface area contributed by atoms with Crippen molar-refractivity contribution in [2.24, 2.45) is 0 Å². The van der Waals surface area contributed by atoms with Gasteiger partial charge in [-0.05, 0) is 62.2 Å². The average Bonchev–Trinajstić information content (AvgIpc) is 2.59. The number of anilines is 1. The summed E-state index contributed by atoms with van der Waals surface area (Å²) in [5, 5.41) is 2.77. The molecule has 6 nitrogen and oxygen atoms in total. The molecule has 0 atom stereocenters. The number of hydrogen-bond donors (Lipinski definition) is 1. The molecule has 0 spiro atoms. The summed E-state index contributed by atoms with van der Waals surface area (Å²) < 4.78 is 31.6. The first-order valence-corrected chi connectivity index (χ1v) is 9.74. The molecule has 0 aliphatic carbocycles. The summed E-state index contributed by atoms with van der Waals surface area (Å²) in [6.45, 7) is 5.90. The maximum absolute atomic E-state index is 12.6. The van der Waals surface area contributed by atoms with Crippen LogP contribution >= 0.6 is 0 Å². The highest BCUT2D eigenvalue weighted by molar-refractivity contribution is 7.89. The molecule has 0 saturated carbocycles. The highest BCUT2D eigenvalue weighted by Crippen LogP contribution is 2.20. The second kappa shape index (κ2) is 8.33. The lowest BCUT2D eigenvalue weighted by Crippen LogP contribution is -2.35. The van der Waals surface area contributed by atoms with Gasteiger partial charge in [-0.15, -0.1) is 0 Å². The molecule has 0 aliphatic heterocycles. The van der Waals surface area contributed by atoms with Crippen molar-refractivity contribution in [3.63, 3.8) is 0 Å². The van der Waals surface area contributed by atoms with E-state index in [2.05, 4.69) is 5.32 Å². The topological polar surface area (TPSA) is 75.7 Å². The highest BCUT2D eigenvalue weighted by atomic mass is 32.2. The molecule has 140 valence electrons. The quantitative estimate of drug-likeness (QED) is 0.806. The van der Waals surface area contributed by atoms with Gasteiger partial charge in [0.1, 0.15) is 5.75 Å². The van der Waals surface area contributed by atoms with E-state index in [-0.39, 0.29) is 11.4 Å². The van der Waals surface area contributed by atoms with E-state index in [9.17, 15) is 13.2 Å². The Bertz CT molecular complexity index is 877. The van der Waals surface area contributed by atoms with Crippen LogP contribution in [-0.2, 0) is 14.8 Å². The molecule has 0 radical (unpaired) electrons. The van der Waals surface area contributed by atoms with E-state index in [1.165, 1.54) is 19.2 Å². The number of rotatable bonds is 7. The van der Waals surface area contributed by atoms with Crippen molar-refractivity contribution in [3.8, 4) is 5.75 Å².